The van der Waals surface area contributed by atoms with E-state index in [1.54, 1.807) is 6.21 Å². The highest BCUT2D eigenvalue weighted by Gasteiger charge is 2.10. The third kappa shape index (κ3) is 3.25. The van der Waals surface area contributed by atoms with E-state index in [-0.39, 0.29) is 0 Å². The van der Waals surface area contributed by atoms with Crippen molar-refractivity contribution in [1.29, 1.82) is 0 Å². The highest BCUT2D eigenvalue weighted by molar-refractivity contribution is 6.03. The number of para-hydroxylation sites is 1. The third-order valence-corrected chi connectivity index (χ3v) is 4.77. The molecule has 2 aromatic heterocycles. The number of nitrogens with zero attached hydrogens (tertiary/aromatic N) is 5. The Bertz CT molecular complexity index is 1130. The number of aromatic nitrogens is 4. The second-order valence-electron chi connectivity index (χ2n) is 6.56. The summed E-state index contributed by atoms with van der Waals surface area (Å²) in [6, 6.07) is 16.2. The number of anilines is 2. The molecule has 2 N–H and O–H groups in total. The van der Waals surface area contributed by atoms with Crippen LogP contribution in [-0.4, -0.2) is 52.7 Å². The van der Waals surface area contributed by atoms with Gasteiger partial charge in [0.1, 0.15) is 5.52 Å². The van der Waals surface area contributed by atoms with E-state index in [1.807, 2.05) is 36.4 Å². The SMILES string of the molecule is C(=N/Nc1nnc2c(n1)[nH]c1ccccc12)/c1ccc(N2CCOCC2)cc1. The maximum absolute atomic E-state index is 5.39. The Balaban J connectivity index is 1.28. The van der Waals surface area contributed by atoms with Crippen LogP contribution in [0.2, 0.25) is 0 Å². The van der Waals surface area contributed by atoms with Crippen molar-refractivity contribution in [3.63, 3.8) is 0 Å². The van der Waals surface area contributed by atoms with Crippen molar-refractivity contribution < 1.29 is 4.74 Å². The fourth-order valence-electron chi connectivity index (χ4n) is 3.33. The van der Waals surface area contributed by atoms with Crippen molar-refractivity contribution in [2.45, 2.75) is 0 Å². The molecule has 1 aliphatic rings. The highest BCUT2D eigenvalue weighted by Crippen LogP contribution is 2.21. The first-order chi connectivity index (χ1) is 13.9. The molecule has 0 unspecified atom stereocenters. The van der Waals surface area contributed by atoms with Crippen molar-refractivity contribution in [1.82, 2.24) is 20.2 Å². The molecule has 0 atom stereocenters. The summed E-state index contributed by atoms with van der Waals surface area (Å²) in [5, 5.41) is 13.6. The molecule has 5 rings (SSSR count). The van der Waals surface area contributed by atoms with Crippen LogP contribution in [0.4, 0.5) is 11.6 Å². The van der Waals surface area contributed by atoms with Gasteiger partial charge in [-0.25, -0.2) is 5.43 Å². The topological polar surface area (TPSA) is 91.3 Å². The number of hydrazone groups is 1. The number of benzene rings is 2. The van der Waals surface area contributed by atoms with E-state index in [1.165, 1.54) is 5.69 Å². The molecular weight excluding hydrogens is 354 g/mol. The van der Waals surface area contributed by atoms with E-state index in [2.05, 4.69) is 47.7 Å². The van der Waals surface area contributed by atoms with Gasteiger partial charge in [-0.05, 0) is 23.8 Å². The highest BCUT2D eigenvalue weighted by atomic mass is 16.5. The van der Waals surface area contributed by atoms with E-state index in [0.717, 1.165) is 48.3 Å². The Labute approximate surface area is 161 Å². The first kappa shape index (κ1) is 16.6. The molecule has 0 radical (unpaired) electrons. The van der Waals surface area contributed by atoms with Crippen molar-refractivity contribution in [3.8, 4) is 0 Å². The second-order valence-corrected chi connectivity index (χ2v) is 6.56. The normalized spacial score (nSPS) is 14.9. The number of ether oxygens (including phenoxy) is 1. The van der Waals surface area contributed by atoms with Crippen molar-refractivity contribution in [2.24, 2.45) is 5.10 Å². The molecule has 28 heavy (non-hydrogen) atoms. The second kappa shape index (κ2) is 7.24. The van der Waals surface area contributed by atoms with Crippen LogP contribution in [0.5, 0.6) is 0 Å². The molecular formula is C20H19N7O. The Hall–Kier alpha value is -3.52. The first-order valence-electron chi connectivity index (χ1n) is 9.20. The van der Waals surface area contributed by atoms with Crippen LogP contribution in [0.3, 0.4) is 0 Å². The third-order valence-electron chi connectivity index (χ3n) is 4.77. The van der Waals surface area contributed by atoms with Gasteiger partial charge < -0.3 is 14.6 Å². The molecule has 2 aromatic carbocycles. The number of rotatable bonds is 4. The van der Waals surface area contributed by atoms with Gasteiger partial charge in [0.05, 0.1) is 19.4 Å². The minimum Gasteiger partial charge on any atom is -0.378 e. The summed E-state index contributed by atoms with van der Waals surface area (Å²) in [5.74, 6) is 0.347. The average Bonchev–Trinajstić information content (AvgIpc) is 3.13. The molecule has 0 amide bonds. The van der Waals surface area contributed by atoms with Crippen LogP contribution < -0.4 is 10.3 Å². The van der Waals surface area contributed by atoms with Gasteiger partial charge in [0.15, 0.2) is 5.65 Å². The fourth-order valence-corrected chi connectivity index (χ4v) is 3.33. The first-order valence-corrected chi connectivity index (χ1v) is 9.20. The van der Waals surface area contributed by atoms with Gasteiger partial charge in [-0.2, -0.15) is 10.1 Å². The van der Waals surface area contributed by atoms with Crippen LogP contribution in [0.25, 0.3) is 22.1 Å². The summed E-state index contributed by atoms with van der Waals surface area (Å²) in [4.78, 5) is 10.0. The lowest BCUT2D eigenvalue weighted by molar-refractivity contribution is 0.122. The van der Waals surface area contributed by atoms with Crippen LogP contribution in [-0.2, 0) is 4.74 Å². The smallest absolute Gasteiger partial charge is 0.265 e. The molecule has 0 saturated carbocycles. The predicted octanol–water partition coefficient (Wildman–Crippen LogP) is 2.79. The van der Waals surface area contributed by atoms with Crippen molar-refractivity contribution >= 4 is 39.9 Å². The zero-order chi connectivity index (χ0) is 18.8. The van der Waals surface area contributed by atoms with Gasteiger partial charge in [-0.15, -0.1) is 10.2 Å². The number of nitrogens with one attached hydrogen (secondary N) is 2. The van der Waals surface area contributed by atoms with Gasteiger partial charge in [0, 0.05) is 29.7 Å². The van der Waals surface area contributed by atoms with Crippen molar-refractivity contribution in [2.75, 3.05) is 36.6 Å². The molecule has 4 aromatic rings. The summed E-state index contributed by atoms with van der Waals surface area (Å²) in [6.45, 7) is 3.41. The standard InChI is InChI=1S/C20H19N7O/c1-2-4-17-16(3-1)18-19(22-17)23-20(26-24-18)25-21-13-14-5-7-15(8-6-14)27-9-11-28-12-10-27/h1-8,13H,9-12H2,(H2,22,23,25,26)/b21-13-. The van der Waals surface area contributed by atoms with Gasteiger partial charge in [0.2, 0.25) is 0 Å². The molecule has 0 bridgehead atoms. The van der Waals surface area contributed by atoms with Crippen molar-refractivity contribution in [3.05, 3.63) is 54.1 Å². The summed E-state index contributed by atoms with van der Waals surface area (Å²) in [6.07, 6.45) is 1.74. The Morgan fingerprint density at radius 2 is 1.86 bits per heavy atom. The zero-order valence-corrected chi connectivity index (χ0v) is 15.2. The Morgan fingerprint density at radius 3 is 2.71 bits per heavy atom. The lowest BCUT2D eigenvalue weighted by Gasteiger charge is -2.28. The summed E-state index contributed by atoms with van der Waals surface area (Å²) >= 11 is 0. The van der Waals surface area contributed by atoms with Crippen LogP contribution in [0, 0.1) is 0 Å². The van der Waals surface area contributed by atoms with E-state index < -0.39 is 0 Å². The maximum atomic E-state index is 5.39. The minimum absolute atomic E-state index is 0.347. The quantitative estimate of drug-likeness (QED) is 0.422. The zero-order valence-electron chi connectivity index (χ0n) is 15.2. The number of H-pyrrole nitrogens is 1. The van der Waals surface area contributed by atoms with Crippen LogP contribution in [0.15, 0.2) is 53.6 Å². The summed E-state index contributed by atoms with van der Waals surface area (Å²) in [7, 11) is 0. The number of aromatic amines is 1. The molecule has 0 spiro atoms. The van der Waals surface area contributed by atoms with E-state index in [9.17, 15) is 0 Å². The number of hydrogen-bond donors (Lipinski definition) is 2. The van der Waals surface area contributed by atoms with Gasteiger partial charge in [-0.3, -0.25) is 0 Å². The lowest BCUT2D eigenvalue weighted by Crippen LogP contribution is -2.36. The van der Waals surface area contributed by atoms with E-state index >= 15 is 0 Å². The predicted molar refractivity (Wildman–Crippen MR) is 110 cm³/mol. The molecule has 140 valence electrons. The van der Waals surface area contributed by atoms with E-state index in [0.29, 0.717) is 11.6 Å². The van der Waals surface area contributed by atoms with Gasteiger partial charge in [0.25, 0.3) is 5.95 Å². The monoisotopic (exact) mass is 373 g/mol. The number of hydrogen-bond acceptors (Lipinski definition) is 7. The average molecular weight is 373 g/mol. The number of morpholine rings is 1. The lowest BCUT2D eigenvalue weighted by atomic mass is 10.2. The largest absolute Gasteiger partial charge is 0.378 e. The molecule has 1 saturated heterocycles. The van der Waals surface area contributed by atoms with Crippen LogP contribution in [0.1, 0.15) is 5.56 Å². The maximum Gasteiger partial charge on any atom is 0.265 e. The molecule has 8 nitrogen and oxygen atoms in total. The molecule has 1 aliphatic heterocycles. The van der Waals surface area contributed by atoms with E-state index in [4.69, 9.17) is 4.74 Å². The molecule has 3 heterocycles. The summed E-state index contributed by atoms with van der Waals surface area (Å²) < 4.78 is 5.39. The Kier molecular flexibility index (Phi) is 4.30. The molecule has 1 fully saturated rings. The number of fused-ring (bicyclic) bond motifs is 3. The fraction of sp³-hybridized carbons (Fsp3) is 0.200. The Morgan fingerprint density at radius 1 is 1.04 bits per heavy atom. The van der Waals surface area contributed by atoms with Crippen LogP contribution >= 0.6 is 0 Å². The molecule has 8 heteroatoms. The molecule has 0 aliphatic carbocycles. The van der Waals surface area contributed by atoms with Gasteiger partial charge >= 0.3 is 0 Å². The summed E-state index contributed by atoms with van der Waals surface area (Å²) in [5.41, 5.74) is 7.46. The minimum atomic E-state index is 0.347. The van der Waals surface area contributed by atoms with Gasteiger partial charge in [-0.1, -0.05) is 30.3 Å².